The molecule has 1 unspecified atom stereocenters. The normalized spacial score (nSPS) is 11.8. The lowest BCUT2D eigenvalue weighted by Crippen LogP contribution is -2.28. The summed E-state index contributed by atoms with van der Waals surface area (Å²) < 4.78 is 7.02. The van der Waals surface area contributed by atoms with E-state index in [0.29, 0.717) is 11.3 Å². The van der Waals surface area contributed by atoms with E-state index < -0.39 is 11.9 Å². The molecule has 0 aliphatic carbocycles. The molecule has 2 rings (SSSR count). The number of methoxy groups -OCH3 is 1. The van der Waals surface area contributed by atoms with Crippen LogP contribution in [0, 0.1) is 0 Å². The van der Waals surface area contributed by atoms with Crippen molar-refractivity contribution in [1.29, 1.82) is 0 Å². The Hall–Kier alpha value is -1.53. The molecule has 0 aromatic heterocycles. The summed E-state index contributed by atoms with van der Waals surface area (Å²) in [5.74, 6) is 0.115. The van der Waals surface area contributed by atoms with E-state index in [0.717, 1.165) is 14.6 Å². The van der Waals surface area contributed by atoms with Crippen molar-refractivity contribution in [3.05, 3.63) is 57.0 Å². The number of hydrogen-bond acceptors (Lipinski definition) is 3. The zero-order chi connectivity index (χ0) is 15.4. The summed E-state index contributed by atoms with van der Waals surface area (Å²) in [4.78, 5) is 11.9. The maximum Gasteiger partial charge on any atom is 0.244 e. The molecule has 0 aliphatic heterocycles. The lowest BCUT2D eigenvalue weighted by molar-refractivity contribution is -0.118. The summed E-state index contributed by atoms with van der Waals surface area (Å²) in [6.45, 7) is 0. The molecule has 21 heavy (non-hydrogen) atoms. The molecule has 0 radical (unpaired) electrons. The summed E-state index contributed by atoms with van der Waals surface area (Å²) >= 11 is 6.84. The van der Waals surface area contributed by atoms with Gasteiger partial charge in [0.25, 0.3) is 0 Å². The van der Waals surface area contributed by atoms with Crippen molar-refractivity contribution in [2.75, 3.05) is 12.4 Å². The van der Waals surface area contributed by atoms with Crippen LogP contribution >= 0.6 is 31.9 Å². The fraction of sp³-hybridized carbons (Fsp3) is 0.133. The van der Waals surface area contributed by atoms with Crippen LogP contribution in [-0.2, 0) is 4.79 Å². The average Bonchev–Trinajstić information content (AvgIpc) is 2.46. The molecule has 0 saturated carbocycles. The third kappa shape index (κ3) is 3.77. The highest BCUT2D eigenvalue weighted by Gasteiger charge is 2.22. The fourth-order valence-corrected chi connectivity index (χ4v) is 2.74. The van der Waals surface area contributed by atoms with Crippen molar-refractivity contribution in [2.24, 2.45) is 5.73 Å². The molecule has 6 heteroatoms. The number of carbonyl (C=O) groups excluding carboxylic acids is 1. The van der Waals surface area contributed by atoms with Crippen molar-refractivity contribution < 1.29 is 9.53 Å². The van der Waals surface area contributed by atoms with Crippen LogP contribution in [-0.4, -0.2) is 13.0 Å². The van der Waals surface area contributed by atoms with Gasteiger partial charge in [-0.1, -0.05) is 28.1 Å². The number of carbonyl (C=O) groups is 1. The molecule has 1 atom stereocenters. The highest BCUT2D eigenvalue weighted by molar-refractivity contribution is 9.10. The molecule has 0 bridgehead atoms. The van der Waals surface area contributed by atoms with Gasteiger partial charge < -0.3 is 15.8 Å². The topological polar surface area (TPSA) is 64.3 Å². The third-order valence-electron chi connectivity index (χ3n) is 2.96. The van der Waals surface area contributed by atoms with Gasteiger partial charge in [-0.3, -0.25) is 4.79 Å². The second-order valence-electron chi connectivity index (χ2n) is 4.35. The smallest absolute Gasteiger partial charge is 0.244 e. The number of amides is 1. The molecule has 2 aromatic carbocycles. The van der Waals surface area contributed by atoms with Crippen LogP contribution in [0.1, 0.15) is 11.6 Å². The highest BCUT2D eigenvalue weighted by atomic mass is 79.9. The van der Waals surface area contributed by atoms with E-state index in [-0.39, 0.29) is 0 Å². The summed E-state index contributed by atoms with van der Waals surface area (Å²) in [6, 6.07) is 12.3. The maximum atomic E-state index is 11.9. The lowest BCUT2D eigenvalue weighted by atomic mass is 10.0. The molecule has 2 aromatic rings. The van der Waals surface area contributed by atoms with Gasteiger partial charge in [0, 0.05) is 20.2 Å². The largest absolute Gasteiger partial charge is 0.496 e. The van der Waals surface area contributed by atoms with Gasteiger partial charge in [-0.25, -0.2) is 0 Å². The van der Waals surface area contributed by atoms with Crippen LogP contribution in [0.2, 0.25) is 0 Å². The van der Waals surface area contributed by atoms with Crippen molar-refractivity contribution in [1.82, 2.24) is 0 Å². The summed E-state index contributed by atoms with van der Waals surface area (Å²) in [6.07, 6.45) is 0. The number of nitrogens with one attached hydrogen (secondary N) is 1. The second-order valence-corrected chi connectivity index (χ2v) is 6.12. The number of primary amides is 1. The molecule has 0 aliphatic rings. The van der Waals surface area contributed by atoms with Crippen LogP contribution in [0.4, 0.5) is 5.69 Å². The number of halogens is 2. The first-order chi connectivity index (χ1) is 10.0. The van der Waals surface area contributed by atoms with Crippen LogP contribution in [0.25, 0.3) is 0 Å². The Morgan fingerprint density at radius 3 is 2.57 bits per heavy atom. The SMILES string of the molecule is COc1ccc(Br)cc1C(Nc1ccccc1Br)C(N)=O. The van der Waals surface area contributed by atoms with Crippen LogP contribution in [0.3, 0.4) is 0 Å². The standard InChI is InChI=1S/C15H14Br2N2O2/c1-21-13-7-6-9(16)8-10(13)14(15(18)20)19-12-5-3-2-4-11(12)17/h2-8,14,19H,1H3,(H2,18,20). The third-order valence-corrected chi connectivity index (χ3v) is 4.15. The van der Waals surface area contributed by atoms with Crippen molar-refractivity contribution in [3.63, 3.8) is 0 Å². The van der Waals surface area contributed by atoms with E-state index in [1.807, 2.05) is 36.4 Å². The van der Waals surface area contributed by atoms with Crippen molar-refractivity contribution in [3.8, 4) is 5.75 Å². The van der Waals surface area contributed by atoms with Gasteiger partial charge in [0.05, 0.1) is 7.11 Å². The number of para-hydroxylation sites is 1. The Kier molecular flexibility index (Phi) is 5.25. The van der Waals surface area contributed by atoms with Crippen LogP contribution < -0.4 is 15.8 Å². The zero-order valence-corrected chi connectivity index (χ0v) is 14.4. The predicted molar refractivity (Wildman–Crippen MR) is 90.4 cm³/mol. The first-order valence-corrected chi connectivity index (χ1v) is 7.75. The Morgan fingerprint density at radius 1 is 1.24 bits per heavy atom. The molecule has 0 spiro atoms. The molecule has 3 N–H and O–H groups in total. The van der Waals surface area contributed by atoms with Gasteiger partial charge in [-0.2, -0.15) is 0 Å². The number of benzene rings is 2. The minimum atomic E-state index is -0.698. The first kappa shape index (κ1) is 15.9. The molecule has 1 amide bonds. The van der Waals surface area contributed by atoms with E-state index in [9.17, 15) is 4.79 Å². The minimum Gasteiger partial charge on any atom is -0.496 e. The first-order valence-electron chi connectivity index (χ1n) is 6.16. The molecular formula is C15H14Br2N2O2. The van der Waals surface area contributed by atoms with Gasteiger partial charge in [-0.15, -0.1) is 0 Å². The Balaban J connectivity index is 2.43. The van der Waals surface area contributed by atoms with Crippen molar-refractivity contribution >= 4 is 43.5 Å². The fourth-order valence-electron chi connectivity index (χ4n) is 1.97. The van der Waals surface area contributed by atoms with E-state index in [4.69, 9.17) is 10.5 Å². The zero-order valence-electron chi connectivity index (χ0n) is 11.3. The maximum absolute atomic E-state index is 11.9. The average molecular weight is 414 g/mol. The summed E-state index contributed by atoms with van der Waals surface area (Å²) in [5.41, 5.74) is 7.01. The van der Waals surface area contributed by atoms with Gasteiger partial charge in [0.1, 0.15) is 11.8 Å². The van der Waals surface area contributed by atoms with Gasteiger partial charge in [0.15, 0.2) is 0 Å². The van der Waals surface area contributed by atoms with E-state index >= 15 is 0 Å². The number of ether oxygens (including phenoxy) is 1. The summed E-state index contributed by atoms with van der Waals surface area (Å²) in [7, 11) is 1.56. The van der Waals surface area contributed by atoms with Gasteiger partial charge in [0.2, 0.25) is 5.91 Å². The van der Waals surface area contributed by atoms with E-state index in [2.05, 4.69) is 37.2 Å². The molecule has 4 nitrogen and oxygen atoms in total. The monoisotopic (exact) mass is 412 g/mol. The predicted octanol–water partition coefficient (Wildman–Crippen LogP) is 3.86. The number of anilines is 1. The van der Waals surface area contributed by atoms with E-state index in [1.54, 1.807) is 13.2 Å². The minimum absolute atomic E-state index is 0.484. The van der Waals surface area contributed by atoms with Crippen LogP contribution in [0.5, 0.6) is 5.75 Å². The number of rotatable bonds is 5. The highest BCUT2D eigenvalue weighted by Crippen LogP contribution is 2.32. The van der Waals surface area contributed by atoms with Gasteiger partial charge >= 0.3 is 0 Å². The molecule has 0 saturated heterocycles. The Bertz CT molecular complexity index is 662. The molecule has 110 valence electrons. The lowest BCUT2D eigenvalue weighted by Gasteiger charge is -2.20. The molecule has 0 heterocycles. The van der Waals surface area contributed by atoms with E-state index in [1.165, 1.54) is 0 Å². The molecule has 0 fully saturated rings. The number of hydrogen-bond donors (Lipinski definition) is 2. The number of nitrogens with two attached hydrogens (primary N) is 1. The van der Waals surface area contributed by atoms with Crippen LogP contribution in [0.15, 0.2) is 51.4 Å². The molecular weight excluding hydrogens is 400 g/mol. The quantitative estimate of drug-likeness (QED) is 0.782. The van der Waals surface area contributed by atoms with Gasteiger partial charge in [-0.05, 0) is 46.3 Å². The Morgan fingerprint density at radius 2 is 1.95 bits per heavy atom. The summed E-state index contributed by atoms with van der Waals surface area (Å²) in [5, 5.41) is 3.14. The van der Waals surface area contributed by atoms with Crippen molar-refractivity contribution in [2.45, 2.75) is 6.04 Å². The second kappa shape index (κ2) is 6.95. The Labute approximate surface area is 139 Å².